The van der Waals surface area contributed by atoms with Gasteiger partial charge in [0.2, 0.25) is 11.8 Å². The first kappa shape index (κ1) is 22.5. The minimum Gasteiger partial charge on any atom is -0.493 e. The first-order chi connectivity index (χ1) is 12.5. The lowest BCUT2D eigenvalue weighted by Gasteiger charge is -1.94. The third-order valence-electron chi connectivity index (χ3n) is 2.41. The summed E-state index contributed by atoms with van der Waals surface area (Å²) in [4.78, 5) is 22.1. The first-order valence-corrected chi connectivity index (χ1v) is 8.45. The SMILES string of the molecule is Cc1cc(C)nc(S)n1.Nc1cc(N)nc(S)n1.Oc1cc(O)nc(S)n1. The number of nitrogens with zero attached hydrogens (tertiary/aromatic N) is 6. The Morgan fingerprint density at radius 1 is 0.630 bits per heavy atom. The summed E-state index contributed by atoms with van der Waals surface area (Å²) in [5.74, 6) is 0.111. The fraction of sp³-hybridized carbons (Fsp3) is 0.143. The van der Waals surface area contributed by atoms with Gasteiger partial charge in [-0.3, -0.25) is 0 Å². The maximum absolute atomic E-state index is 8.63. The smallest absolute Gasteiger partial charge is 0.218 e. The monoisotopic (exact) mass is 426 g/mol. The summed E-state index contributed by atoms with van der Waals surface area (Å²) in [5.41, 5.74) is 12.5. The number of aromatic hydroxyl groups is 2. The molecule has 0 atom stereocenters. The molecule has 0 fully saturated rings. The lowest BCUT2D eigenvalue weighted by Crippen LogP contribution is -1.97. The Labute approximate surface area is 171 Å². The average Bonchev–Trinajstić information content (AvgIpc) is 2.43. The van der Waals surface area contributed by atoms with Crippen LogP contribution in [0.4, 0.5) is 11.6 Å². The molecule has 0 saturated carbocycles. The fourth-order valence-electron chi connectivity index (χ4n) is 1.59. The highest BCUT2D eigenvalue weighted by molar-refractivity contribution is 7.80. The Morgan fingerprint density at radius 3 is 1.33 bits per heavy atom. The van der Waals surface area contributed by atoms with Crippen LogP contribution in [0, 0.1) is 13.8 Å². The normalized spacial score (nSPS) is 9.52. The number of hydrogen-bond donors (Lipinski definition) is 7. The van der Waals surface area contributed by atoms with E-state index in [0.29, 0.717) is 21.9 Å². The van der Waals surface area contributed by atoms with Crippen molar-refractivity contribution in [3.05, 3.63) is 29.6 Å². The Hall–Kier alpha value is -2.51. The van der Waals surface area contributed by atoms with Gasteiger partial charge in [0.25, 0.3) is 0 Å². The van der Waals surface area contributed by atoms with Gasteiger partial charge in [-0.2, -0.15) is 9.97 Å². The predicted octanol–water partition coefficient (Wildman–Crippen LogP) is 1.49. The van der Waals surface area contributed by atoms with E-state index in [1.54, 1.807) is 0 Å². The molecule has 0 unspecified atom stereocenters. The molecule has 0 aromatic carbocycles. The van der Waals surface area contributed by atoms with Crippen molar-refractivity contribution in [1.29, 1.82) is 0 Å². The van der Waals surface area contributed by atoms with Gasteiger partial charge in [-0.05, 0) is 19.9 Å². The second kappa shape index (κ2) is 10.6. The average molecular weight is 427 g/mol. The van der Waals surface area contributed by atoms with Crippen LogP contribution < -0.4 is 11.5 Å². The predicted molar refractivity (Wildman–Crippen MR) is 109 cm³/mol. The molecule has 0 aliphatic carbocycles. The van der Waals surface area contributed by atoms with Crippen molar-refractivity contribution >= 4 is 49.5 Å². The van der Waals surface area contributed by atoms with Crippen LogP contribution >= 0.6 is 37.9 Å². The zero-order chi connectivity index (χ0) is 20.6. The molecule has 3 heterocycles. The van der Waals surface area contributed by atoms with Crippen molar-refractivity contribution in [3.63, 3.8) is 0 Å². The third kappa shape index (κ3) is 9.67. The Kier molecular flexibility index (Phi) is 8.84. The minimum atomic E-state index is -0.285. The zero-order valence-corrected chi connectivity index (χ0v) is 17.0. The Balaban J connectivity index is 0.000000202. The molecule has 0 bridgehead atoms. The summed E-state index contributed by atoms with van der Waals surface area (Å²) in [7, 11) is 0. The quantitative estimate of drug-likeness (QED) is 0.206. The number of thiol groups is 3. The molecule has 10 nitrogen and oxygen atoms in total. The number of aryl methyl sites for hydroxylation is 2. The molecule has 144 valence electrons. The highest BCUT2D eigenvalue weighted by Crippen LogP contribution is 2.13. The molecule has 3 rings (SSSR count). The fourth-order valence-corrected chi connectivity index (χ4v) is 2.34. The van der Waals surface area contributed by atoms with Crippen molar-refractivity contribution in [2.24, 2.45) is 0 Å². The minimum absolute atomic E-state index is 0.0486. The molecule has 0 aliphatic rings. The molecule has 0 saturated heterocycles. The van der Waals surface area contributed by atoms with E-state index in [4.69, 9.17) is 21.7 Å². The van der Waals surface area contributed by atoms with Gasteiger partial charge in [0.05, 0.1) is 6.07 Å². The highest BCUT2D eigenvalue weighted by Gasteiger charge is 1.96. The van der Waals surface area contributed by atoms with Gasteiger partial charge >= 0.3 is 0 Å². The maximum Gasteiger partial charge on any atom is 0.218 e. The second-order valence-electron chi connectivity index (χ2n) is 4.85. The third-order valence-corrected chi connectivity index (χ3v) is 3.01. The van der Waals surface area contributed by atoms with E-state index in [2.05, 4.69) is 67.8 Å². The van der Waals surface area contributed by atoms with Crippen LogP contribution in [0.5, 0.6) is 11.8 Å². The highest BCUT2D eigenvalue weighted by atomic mass is 32.1. The topological polar surface area (TPSA) is 170 Å². The van der Waals surface area contributed by atoms with Gasteiger partial charge in [-0.15, -0.1) is 37.9 Å². The van der Waals surface area contributed by atoms with E-state index in [-0.39, 0.29) is 16.9 Å². The second-order valence-corrected chi connectivity index (χ2v) is 6.05. The van der Waals surface area contributed by atoms with Crippen LogP contribution in [-0.2, 0) is 0 Å². The van der Waals surface area contributed by atoms with E-state index in [0.717, 1.165) is 17.5 Å². The Morgan fingerprint density at radius 2 is 1.00 bits per heavy atom. The summed E-state index contributed by atoms with van der Waals surface area (Å²) in [6.45, 7) is 3.85. The molecule has 13 heteroatoms. The lowest BCUT2D eigenvalue weighted by atomic mass is 10.4. The number of aromatic nitrogens is 6. The molecule has 3 aromatic heterocycles. The molecular formula is C14H18N8O2S3. The van der Waals surface area contributed by atoms with Crippen LogP contribution in [0.15, 0.2) is 33.7 Å². The molecule has 0 aliphatic heterocycles. The summed E-state index contributed by atoms with van der Waals surface area (Å²) in [6.07, 6.45) is 0. The van der Waals surface area contributed by atoms with E-state index >= 15 is 0 Å². The number of anilines is 2. The van der Waals surface area contributed by atoms with E-state index in [1.807, 2.05) is 19.9 Å². The van der Waals surface area contributed by atoms with Gasteiger partial charge < -0.3 is 21.7 Å². The van der Waals surface area contributed by atoms with E-state index in [1.165, 1.54) is 6.07 Å². The number of nitrogens with two attached hydrogens (primary N) is 2. The lowest BCUT2D eigenvalue weighted by molar-refractivity contribution is 0.411. The standard InChI is InChI=1S/C6H8N2S.C4H6N4S.C4H4N2O2S/c1-4-3-5(2)8-6(9)7-4;5-2-1-3(6)8-4(9)7-2;7-2-1-3(8)6-4(9)5-2/h3H,1-2H3,(H,7,8,9);1H,(H5,5,6,7,8,9);1H,(H3,5,6,7,8,9). The zero-order valence-electron chi connectivity index (χ0n) is 14.3. The van der Waals surface area contributed by atoms with Gasteiger partial charge in [-0.1, -0.05) is 0 Å². The summed E-state index contributed by atoms with van der Waals surface area (Å²) < 4.78 is 0. The molecule has 6 N–H and O–H groups in total. The number of rotatable bonds is 0. The van der Waals surface area contributed by atoms with Crippen molar-refractivity contribution in [3.8, 4) is 11.8 Å². The van der Waals surface area contributed by atoms with Gasteiger partial charge in [-0.25, -0.2) is 19.9 Å². The van der Waals surface area contributed by atoms with Crippen molar-refractivity contribution < 1.29 is 10.2 Å². The molecule has 0 amide bonds. The maximum atomic E-state index is 8.63. The first-order valence-electron chi connectivity index (χ1n) is 7.11. The van der Waals surface area contributed by atoms with Crippen LogP contribution in [0.1, 0.15) is 11.4 Å². The Bertz CT molecular complexity index is 644. The van der Waals surface area contributed by atoms with Crippen molar-refractivity contribution in [1.82, 2.24) is 29.9 Å². The number of nitrogen functional groups attached to an aromatic ring is 2. The molecule has 0 spiro atoms. The van der Waals surface area contributed by atoms with Gasteiger partial charge in [0.1, 0.15) is 11.6 Å². The molecule has 0 radical (unpaired) electrons. The van der Waals surface area contributed by atoms with E-state index < -0.39 is 0 Å². The van der Waals surface area contributed by atoms with Crippen LogP contribution in [0.3, 0.4) is 0 Å². The number of hydrogen-bond acceptors (Lipinski definition) is 13. The molecule has 3 aromatic rings. The van der Waals surface area contributed by atoms with Crippen LogP contribution in [0.2, 0.25) is 0 Å². The molecule has 27 heavy (non-hydrogen) atoms. The van der Waals surface area contributed by atoms with Gasteiger partial charge in [0.15, 0.2) is 15.5 Å². The summed E-state index contributed by atoms with van der Waals surface area (Å²) in [6, 6.07) is 4.42. The largest absolute Gasteiger partial charge is 0.493 e. The van der Waals surface area contributed by atoms with Crippen molar-refractivity contribution in [2.45, 2.75) is 29.3 Å². The van der Waals surface area contributed by atoms with E-state index in [9.17, 15) is 0 Å². The van der Waals surface area contributed by atoms with Crippen molar-refractivity contribution in [2.75, 3.05) is 11.5 Å². The van der Waals surface area contributed by atoms with Crippen LogP contribution in [0.25, 0.3) is 0 Å². The van der Waals surface area contributed by atoms with Gasteiger partial charge in [0, 0.05) is 17.5 Å². The molecular weight excluding hydrogens is 408 g/mol. The van der Waals surface area contributed by atoms with Crippen LogP contribution in [-0.4, -0.2) is 40.1 Å². The summed E-state index contributed by atoms with van der Waals surface area (Å²) >= 11 is 11.5. The summed E-state index contributed by atoms with van der Waals surface area (Å²) in [5, 5.41) is 18.2.